The fourth-order valence-electron chi connectivity index (χ4n) is 2.36. The standard InChI is InChI=1S/C20H21F2NO6/c1-4-27-15-8-6-5-7-14(15)23-18(24)12(2)28-19(25)13-9-10-16(29-20(21)22)17(11-13)26-3/h5-12,20H,4H2,1-3H3,(H,23,24)/t12-/m1/s1. The normalized spacial score (nSPS) is 11.5. The Morgan fingerprint density at radius 1 is 1.07 bits per heavy atom. The van der Waals surface area contributed by atoms with E-state index in [2.05, 4.69) is 10.1 Å². The maximum absolute atomic E-state index is 12.4. The number of alkyl halides is 2. The van der Waals surface area contributed by atoms with Crippen molar-refractivity contribution in [3.05, 3.63) is 48.0 Å². The summed E-state index contributed by atoms with van der Waals surface area (Å²) < 4.78 is 44.6. The lowest BCUT2D eigenvalue weighted by molar-refractivity contribution is -0.123. The number of carbonyl (C=O) groups excluding carboxylic acids is 2. The Morgan fingerprint density at radius 3 is 2.45 bits per heavy atom. The quantitative estimate of drug-likeness (QED) is 0.633. The van der Waals surface area contributed by atoms with Gasteiger partial charge in [-0.1, -0.05) is 12.1 Å². The van der Waals surface area contributed by atoms with Crippen LogP contribution in [0.15, 0.2) is 42.5 Å². The van der Waals surface area contributed by atoms with Crippen LogP contribution in [0.25, 0.3) is 0 Å². The molecule has 0 saturated carbocycles. The predicted molar refractivity (Wildman–Crippen MR) is 101 cm³/mol. The number of amides is 1. The van der Waals surface area contributed by atoms with Gasteiger partial charge in [-0.05, 0) is 44.2 Å². The Morgan fingerprint density at radius 2 is 1.79 bits per heavy atom. The molecule has 29 heavy (non-hydrogen) atoms. The van der Waals surface area contributed by atoms with Gasteiger partial charge in [-0.3, -0.25) is 4.79 Å². The van der Waals surface area contributed by atoms with Crippen LogP contribution < -0.4 is 19.5 Å². The van der Waals surface area contributed by atoms with Gasteiger partial charge < -0.3 is 24.3 Å². The molecule has 0 aliphatic rings. The summed E-state index contributed by atoms with van der Waals surface area (Å²) in [6.07, 6.45) is -1.12. The van der Waals surface area contributed by atoms with E-state index in [1.807, 2.05) is 6.92 Å². The molecule has 2 rings (SSSR count). The summed E-state index contributed by atoms with van der Waals surface area (Å²) in [4.78, 5) is 24.7. The van der Waals surface area contributed by atoms with E-state index in [0.29, 0.717) is 18.0 Å². The number of carbonyl (C=O) groups is 2. The Bertz CT molecular complexity index is 859. The van der Waals surface area contributed by atoms with Crippen molar-refractivity contribution in [2.45, 2.75) is 26.6 Å². The zero-order chi connectivity index (χ0) is 21.4. The lowest BCUT2D eigenvalue weighted by atomic mass is 10.2. The van der Waals surface area contributed by atoms with Crippen molar-refractivity contribution in [1.29, 1.82) is 0 Å². The molecule has 0 aliphatic carbocycles. The van der Waals surface area contributed by atoms with Crippen LogP contribution in [0.4, 0.5) is 14.5 Å². The maximum atomic E-state index is 12.4. The lowest BCUT2D eigenvalue weighted by Crippen LogP contribution is -2.30. The van der Waals surface area contributed by atoms with Gasteiger partial charge in [0.25, 0.3) is 5.91 Å². The third kappa shape index (κ3) is 6.06. The summed E-state index contributed by atoms with van der Waals surface area (Å²) in [7, 11) is 1.24. The fourth-order valence-corrected chi connectivity index (χ4v) is 2.36. The number of rotatable bonds is 9. The van der Waals surface area contributed by atoms with Gasteiger partial charge in [0, 0.05) is 0 Å². The van der Waals surface area contributed by atoms with Crippen molar-refractivity contribution in [2.24, 2.45) is 0 Å². The summed E-state index contributed by atoms with van der Waals surface area (Å²) in [5.74, 6) is -1.19. The van der Waals surface area contributed by atoms with Gasteiger partial charge in [-0.15, -0.1) is 0 Å². The molecule has 156 valence electrons. The van der Waals surface area contributed by atoms with Crippen LogP contribution in [0.1, 0.15) is 24.2 Å². The van der Waals surface area contributed by atoms with Crippen LogP contribution in [0.3, 0.4) is 0 Å². The molecule has 1 atom stereocenters. The number of hydrogen-bond acceptors (Lipinski definition) is 6. The summed E-state index contributed by atoms with van der Waals surface area (Å²) in [6, 6.07) is 10.4. The van der Waals surface area contributed by atoms with Crippen molar-refractivity contribution < 1.29 is 37.3 Å². The van der Waals surface area contributed by atoms with E-state index in [1.54, 1.807) is 24.3 Å². The molecule has 0 unspecified atom stereocenters. The van der Waals surface area contributed by atoms with Gasteiger partial charge in [0.1, 0.15) is 5.75 Å². The topological polar surface area (TPSA) is 83.1 Å². The highest BCUT2D eigenvalue weighted by Crippen LogP contribution is 2.30. The minimum atomic E-state index is -3.04. The van der Waals surface area contributed by atoms with Gasteiger partial charge >= 0.3 is 12.6 Å². The van der Waals surface area contributed by atoms with Crippen molar-refractivity contribution in [3.63, 3.8) is 0 Å². The first-order valence-electron chi connectivity index (χ1n) is 8.72. The van der Waals surface area contributed by atoms with Gasteiger partial charge in [-0.2, -0.15) is 8.78 Å². The number of halogens is 2. The SMILES string of the molecule is CCOc1ccccc1NC(=O)[C@@H](C)OC(=O)c1ccc(OC(F)F)c(OC)c1. The van der Waals surface area contributed by atoms with Crippen LogP contribution >= 0.6 is 0 Å². The molecule has 0 aliphatic heterocycles. The van der Waals surface area contributed by atoms with Crippen LogP contribution in [0.5, 0.6) is 17.2 Å². The van der Waals surface area contributed by atoms with Crippen molar-refractivity contribution in [3.8, 4) is 17.2 Å². The molecule has 1 N–H and O–H groups in total. The Labute approximate surface area is 166 Å². The number of esters is 1. The van der Waals surface area contributed by atoms with E-state index in [-0.39, 0.29) is 17.1 Å². The first-order valence-corrected chi connectivity index (χ1v) is 8.72. The molecule has 2 aromatic rings. The largest absolute Gasteiger partial charge is 0.493 e. The van der Waals surface area contributed by atoms with E-state index in [4.69, 9.17) is 14.2 Å². The van der Waals surface area contributed by atoms with Crippen molar-refractivity contribution >= 4 is 17.6 Å². The average Bonchev–Trinajstić information content (AvgIpc) is 2.69. The number of nitrogens with one attached hydrogen (secondary N) is 1. The molecule has 0 bridgehead atoms. The molecule has 0 fully saturated rings. The molecular formula is C20H21F2NO6. The summed E-state index contributed by atoms with van der Waals surface area (Å²) in [5, 5.41) is 2.64. The number of benzene rings is 2. The highest BCUT2D eigenvalue weighted by molar-refractivity contribution is 5.98. The predicted octanol–water partition coefficient (Wildman–Crippen LogP) is 3.88. The molecule has 2 aromatic carbocycles. The number of hydrogen-bond donors (Lipinski definition) is 1. The Hall–Kier alpha value is -3.36. The van der Waals surface area contributed by atoms with E-state index >= 15 is 0 Å². The van der Waals surface area contributed by atoms with Crippen LogP contribution in [-0.4, -0.2) is 38.3 Å². The molecule has 9 heteroatoms. The highest BCUT2D eigenvalue weighted by Gasteiger charge is 2.21. The first kappa shape index (κ1) is 21.9. The molecule has 0 radical (unpaired) electrons. The highest BCUT2D eigenvalue weighted by atomic mass is 19.3. The molecule has 1 amide bonds. The zero-order valence-electron chi connectivity index (χ0n) is 16.1. The van der Waals surface area contributed by atoms with E-state index in [9.17, 15) is 18.4 Å². The van der Waals surface area contributed by atoms with E-state index in [0.717, 1.165) is 6.07 Å². The van der Waals surface area contributed by atoms with Crippen molar-refractivity contribution in [1.82, 2.24) is 0 Å². The van der Waals surface area contributed by atoms with Crippen LogP contribution in [0, 0.1) is 0 Å². The lowest BCUT2D eigenvalue weighted by Gasteiger charge is -2.16. The third-order valence-electron chi connectivity index (χ3n) is 3.71. The molecule has 0 heterocycles. The molecule has 0 saturated heterocycles. The number of ether oxygens (including phenoxy) is 4. The van der Waals surface area contributed by atoms with E-state index in [1.165, 1.54) is 26.2 Å². The Balaban J connectivity index is 2.05. The van der Waals surface area contributed by atoms with Gasteiger partial charge in [0.2, 0.25) is 0 Å². The van der Waals surface area contributed by atoms with Gasteiger partial charge in [-0.25, -0.2) is 4.79 Å². The molecular weight excluding hydrogens is 388 g/mol. The summed E-state index contributed by atoms with van der Waals surface area (Å²) in [5.41, 5.74) is 0.454. The second kappa shape index (κ2) is 10.3. The van der Waals surface area contributed by atoms with Crippen LogP contribution in [-0.2, 0) is 9.53 Å². The molecule has 0 spiro atoms. The van der Waals surface area contributed by atoms with Crippen molar-refractivity contribution in [2.75, 3.05) is 19.0 Å². The summed E-state index contributed by atoms with van der Waals surface area (Å²) >= 11 is 0. The molecule has 0 aromatic heterocycles. The first-order chi connectivity index (χ1) is 13.8. The minimum absolute atomic E-state index is 0.0119. The second-order valence-corrected chi connectivity index (χ2v) is 5.71. The maximum Gasteiger partial charge on any atom is 0.387 e. The smallest absolute Gasteiger partial charge is 0.387 e. The van der Waals surface area contributed by atoms with Crippen LogP contribution in [0.2, 0.25) is 0 Å². The number of para-hydroxylation sites is 2. The number of methoxy groups -OCH3 is 1. The minimum Gasteiger partial charge on any atom is -0.493 e. The summed E-state index contributed by atoms with van der Waals surface area (Å²) in [6.45, 7) is 0.603. The Kier molecular flexibility index (Phi) is 7.76. The average molecular weight is 409 g/mol. The van der Waals surface area contributed by atoms with Gasteiger partial charge in [0.05, 0.1) is 25.0 Å². The third-order valence-corrected chi connectivity index (χ3v) is 3.71. The molecule has 7 nitrogen and oxygen atoms in total. The fraction of sp³-hybridized carbons (Fsp3) is 0.300. The van der Waals surface area contributed by atoms with Gasteiger partial charge in [0.15, 0.2) is 17.6 Å². The number of anilines is 1. The second-order valence-electron chi connectivity index (χ2n) is 5.71. The monoisotopic (exact) mass is 409 g/mol. The zero-order valence-corrected chi connectivity index (χ0v) is 16.1. The van der Waals surface area contributed by atoms with E-state index < -0.39 is 24.6 Å².